The van der Waals surface area contributed by atoms with E-state index in [0.29, 0.717) is 28.8 Å². The largest absolute Gasteiger partial charge is 0.495 e. The number of carboxylic acids is 1. The van der Waals surface area contributed by atoms with Crippen molar-refractivity contribution in [2.24, 2.45) is 0 Å². The molecular formula is C26H26ClN3O4S. The van der Waals surface area contributed by atoms with E-state index in [2.05, 4.69) is 22.2 Å². The molecule has 0 fully saturated rings. The van der Waals surface area contributed by atoms with Crippen molar-refractivity contribution in [3.63, 3.8) is 0 Å². The van der Waals surface area contributed by atoms with Crippen LogP contribution in [-0.4, -0.2) is 40.8 Å². The number of nitrogens with zero attached hydrogens (tertiary/aromatic N) is 2. The topological polar surface area (TPSA) is 93.6 Å². The van der Waals surface area contributed by atoms with Crippen LogP contribution in [0.3, 0.4) is 0 Å². The van der Waals surface area contributed by atoms with Crippen LogP contribution in [-0.2, 0) is 6.42 Å². The van der Waals surface area contributed by atoms with Gasteiger partial charge in [-0.15, -0.1) is 11.3 Å². The Balaban J connectivity index is 1.54. The molecule has 2 aromatic heterocycles. The van der Waals surface area contributed by atoms with E-state index in [1.54, 1.807) is 30.6 Å². The molecule has 2 N–H and O–H groups in total. The first-order chi connectivity index (χ1) is 16.8. The molecule has 9 heteroatoms. The van der Waals surface area contributed by atoms with Gasteiger partial charge in [0.25, 0.3) is 0 Å². The average Bonchev–Trinajstić information content (AvgIpc) is 3.16. The van der Waals surface area contributed by atoms with Crippen LogP contribution in [0.1, 0.15) is 34.6 Å². The third kappa shape index (κ3) is 5.33. The summed E-state index contributed by atoms with van der Waals surface area (Å²) in [5.41, 5.74) is 2.71. The van der Waals surface area contributed by atoms with E-state index in [9.17, 15) is 9.90 Å². The fourth-order valence-electron chi connectivity index (χ4n) is 3.91. The highest BCUT2D eigenvalue weighted by molar-refractivity contribution is 7.19. The molecule has 35 heavy (non-hydrogen) atoms. The highest BCUT2D eigenvalue weighted by atomic mass is 35.5. The molecule has 0 radical (unpaired) electrons. The molecule has 0 atom stereocenters. The fourth-order valence-corrected chi connectivity index (χ4v) is 5.46. The third-order valence-electron chi connectivity index (χ3n) is 5.49. The number of methoxy groups -OCH3 is 1. The smallest absolute Gasteiger partial charge is 0.339 e. The second-order valence-electron chi connectivity index (χ2n) is 8.24. The number of fused-ring (bicyclic) bond motifs is 1. The molecule has 0 saturated carbocycles. The molecule has 0 bridgehead atoms. The number of ether oxygens (including phenoxy) is 2. The number of hydrogen-bond donors (Lipinski definition) is 2. The molecule has 7 nitrogen and oxygen atoms in total. The van der Waals surface area contributed by atoms with Crippen molar-refractivity contribution in [3.8, 4) is 22.8 Å². The molecule has 0 unspecified atom stereocenters. The molecule has 0 saturated heterocycles. The van der Waals surface area contributed by atoms with Crippen LogP contribution in [0.15, 0.2) is 42.7 Å². The van der Waals surface area contributed by atoms with E-state index in [-0.39, 0.29) is 11.7 Å². The van der Waals surface area contributed by atoms with Crippen molar-refractivity contribution in [3.05, 3.63) is 63.8 Å². The minimum Gasteiger partial charge on any atom is -0.495 e. The van der Waals surface area contributed by atoms with Crippen molar-refractivity contribution in [1.29, 1.82) is 0 Å². The van der Waals surface area contributed by atoms with Crippen LogP contribution in [0.4, 0.5) is 5.82 Å². The first-order valence-corrected chi connectivity index (χ1v) is 12.3. The summed E-state index contributed by atoms with van der Waals surface area (Å²) in [7, 11) is 1.67. The first kappa shape index (κ1) is 24.8. The number of benzene rings is 2. The lowest BCUT2D eigenvalue weighted by Crippen LogP contribution is -2.10. The molecule has 0 aliphatic rings. The molecule has 4 rings (SSSR count). The van der Waals surface area contributed by atoms with E-state index in [0.717, 1.165) is 27.8 Å². The quantitative estimate of drug-likeness (QED) is 0.266. The Kier molecular flexibility index (Phi) is 7.42. The lowest BCUT2D eigenvalue weighted by Gasteiger charge is -2.14. The Bertz CT molecular complexity index is 1390. The molecule has 0 amide bonds. The highest BCUT2D eigenvalue weighted by Crippen LogP contribution is 2.41. The second-order valence-corrected chi connectivity index (χ2v) is 9.87. The number of rotatable bonds is 9. The van der Waals surface area contributed by atoms with Crippen LogP contribution in [0, 0.1) is 6.92 Å². The summed E-state index contributed by atoms with van der Waals surface area (Å²) in [5.74, 6) is 0.771. The van der Waals surface area contributed by atoms with Crippen molar-refractivity contribution in [2.45, 2.75) is 33.3 Å². The molecule has 2 heterocycles. The zero-order valence-corrected chi connectivity index (χ0v) is 21.5. The summed E-state index contributed by atoms with van der Waals surface area (Å²) in [6.45, 7) is 6.45. The number of nitrogens with one attached hydrogen (secondary N) is 1. The number of aromatic carboxylic acids is 1. The van der Waals surface area contributed by atoms with Gasteiger partial charge in [0.15, 0.2) is 0 Å². The van der Waals surface area contributed by atoms with Gasteiger partial charge < -0.3 is 19.9 Å². The Labute approximate surface area is 212 Å². The molecular weight excluding hydrogens is 486 g/mol. The normalized spacial score (nSPS) is 11.1. The van der Waals surface area contributed by atoms with Crippen molar-refractivity contribution >= 4 is 44.8 Å². The maximum atomic E-state index is 11.6. The number of aromatic nitrogens is 2. The number of aryl methyl sites for hydroxylation is 1. The number of carboxylic acid groups (broad SMARTS) is 1. The number of carbonyl (C=O) groups is 1. The average molecular weight is 512 g/mol. The van der Waals surface area contributed by atoms with E-state index < -0.39 is 5.97 Å². The molecule has 182 valence electrons. The summed E-state index contributed by atoms with van der Waals surface area (Å²) < 4.78 is 12.3. The van der Waals surface area contributed by atoms with Gasteiger partial charge in [0.1, 0.15) is 29.2 Å². The lowest BCUT2D eigenvalue weighted by atomic mass is 10.1. The van der Waals surface area contributed by atoms with Gasteiger partial charge >= 0.3 is 5.97 Å². The Morgan fingerprint density at radius 1 is 1.17 bits per heavy atom. The zero-order chi connectivity index (χ0) is 25.1. The first-order valence-electron chi connectivity index (χ1n) is 11.1. The van der Waals surface area contributed by atoms with Gasteiger partial charge in [-0.2, -0.15) is 0 Å². The van der Waals surface area contributed by atoms with Crippen LogP contribution in [0.5, 0.6) is 11.5 Å². The van der Waals surface area contributed by atoms with Gasteiger partial charge in [0, 0.05) is 33.5 Å². The van der Waals surface area contributed by atoms with Crippen LogP contribution >= 0.6 is 22.9 Å². The van der Waals surface area contributed by atoms with Gasteiger partial charge in [0.05, 0.1) is 23.6 Å². The van der Waals surface area contributed by atoms with Crippen molar-refractivity contribution in [1.82, 2.24) is 9.97 Å². The number of thiophene rings is 1. The van der Waals surface area contributed by atoms with Crippen LogP contribution in [0.2, 0.25) is 5.02 Å². The molecule has 0 aliphatic heterocycles. The predicted molar refractivity (Wildman–Crippen MR) is 141 cm³/mol. The van der Waals surface area contributed by atoms with E-state index in [4.69, 9.17) is 21.1 Å². The number of hydrogen-bond acceptors (Lipinski definition) is 7. The van der Waals surface area contributed by atoms with Gasteiger partial charge in [-0.3, -0.25) is 0 Å². The van der Waals surface area contributed by atoms with E-state index >= 15 is 0 Å². The minimum absolute atomic E-state index is 0.114. The van der Waals surface area contributed by atoms with E-state index in [1.807, 2.05) is 32.0 Å². The maximum Gasteiger partial charge on any atom is 0.339 e. The highest BCUT2D eigenvalue weighted by Gasteiger charge is 2.17. The number of anilines is 1. The second kappa shape index (κ2) is 10.5. The van der Waals surface area contributed by atoms with E-state index in [1.165, 1.54) is 22.8 Å². The van der Waals surface area contributed by atoms with Crippen molar-refractivity contribution in [2.75, 3.05) is 19.0 Å². The standard InChI is InChI=1S/C26H26ClN3O4S/c1-14(2)34-22-11-16(5-6-18(22)26(31)32)20-12-23(30-13-29-20)28-10-9-17-15(3)35-25-21(33-4)8-7-19(27)24(17)25/h5-8,11-14H,9-10H2,1-4H3,(H,31,32)(H,28,29,30). The Hall–Kier alpha value is -3.36. The Morgan fingerprint density at radius 2 is 1.97 bits per heavy atom. The zero-order valence-electron chi connectivity index (χ0n) is 19.9. The SMILES string of the molecule is COc1ccc(Cl)c2c(CCNc3cc(-c4ccc(C(=O)O)c(OC(C)C)c4)ncn3)c(C)sc12. The monoisotopic (exact) mass is 511 g/mol. The summed E-state index contributed by atoms with van der Waals surface area (Å²) in [6.07, 6.45) is 2.09. The maximum absolute atomic E-state index is 11.6. The van der Waals surface area contributed by atoms with Crippen LogP contribution in [0.25, 0.3) is 21.3 Å². The van der Waals surface area contributed by atoms with Gasteiger partial charge in [-0.1, -0.05) is 17.7 Å². The summed E-state index contributed by atoms with van der Waals surface area (Å²) in [4.78, 5) is 21.5. The molecule has 4 aromatic rings. The van der Waals surface area contributed by atoms with Gasteiger partial charge in [-0.25, -0.2) is 14.8 Å². The van der Waals surface area contributed by atoms with Crippen LogP contribution < -0.4 is 14.8 Å². The fraction of sp³-hybridized carbons (Fsp3) is 0.269. The van der Waals surface area contributed by atoms with Gasteiger partial charge in [0.2, 0.25) is 0 Å². The molecule has 2 aromatic carbocycles. The molecule has 0 aliphatic carbocycles. The van der Waals surface area contributed by atoms with Gasteiger partial charge in [-0.05, 0) is 57.0 Å². The summed E-state index contributed by atoms with van der Waals surface area (Å²) in [5, 5.41) is 14.6. The lowest BCUT2D eigenvalue weighted by molar-refractivity contribution is 0.0690. The minimum atomic E-state index is -1.04. The predicted octanol–water partition coefficient (Wildman–Crippen LogP) is 6.47. The summed E-state index contributed by atoms with van der Waals surface area (Å²) >= 11 is 8.21. The number of halogens is 1. The Morgan fingerprint density at radius 3 is 2.69 bits per heavy atom. The molecule has 0 spiro atoms. The summed E-state index contributed by atoms with van der Waals surface area (Å²) in [6, 6.07) is 10.6. The van der Waals surface area contributed by atoms with Crippen molar-refractivity contribution < 1.29 is 19.4 Å². The third-order valence-corrected chi connectivity index (χ3v) is 6.97.